The maximum Gasteiger partial charge on any atom is 0.338 e. The standard InChI is InChI=1S/C18H19NO4/c1-3-13-5-4-6-15(11-13)19-17(20)12-23-18(21)14-7-9-16(22-2)10-8-14/h4-11H,3,12H2,1-2H3,(H,19,20). The summed E-state index contributed by atoms with van der Waals surface area (Å²) in [5, 5.41) is 2.71. The summed E-state index contributed by atoms with van der Waals surface area (Å²) in [6.45, 7) is 1.71. The number of nitrogens with one attached hydrogen (secondary N) is 1. The number of ether oxygens (including phenoxy) is 2. The molecule has 0 aliphatic carbocycles. The van der Waals surface area contributed by atoms with Crippen molar-refractivity contribution in [1.82, 2.24) is 0 Å². The van der Waals surface area contributed by atoms with E-state index in [1.807, 2.05) is 25.1 Å². The average Bonchev–Trinajstić information content (AvgIpc) is 2.60. The maximum atomic E-state index is 11.9. The summed E-state index contributed by atoms with van der Waals surface area (Å²) in [6.07, 6.45) is 0.885. The average molecular weight is 313 g/mol. The predicted molar refractivity (Wildman–Crippen MR) is 87.7 cm³/mol. The normalized spacial score (nSPS) is 10.0. The minimum Gasteiger partial charge on any atom is -0.497 e. The van der Waals surface area contributed by atoms with Gasteiger partial charge in [0, 0.05) is 5.69 Å². The van der Waals surface area contributed by atoms with Crippen molar-refractivity contribution in [3.05, 3.63) is 59.7 Å². The number of hydrogen-bond donors (Lipinski definition) is 1. The summed E-state index contributed by atoms with van der Waals surface area (Å²) >= 11 is 0. The zero-order chi connectivity index (χ0) is 16.7. The monoisotopic (exact) mass is 313 g/mol. The molecule has 23 heavy (non-hydrogen) atoms. The number of amides is 1. The van der Waals surface area contributed by atoms with E-state index in [0.717, 1.165) is 12.0 Å². The number of aryl methyl sites for hydroxylation is 1. The van der Waals surface area contributed by atoms with Gasteiger partial charge in [-0.3, -0.25) is 4.79 Å². The van der Waals surface area contributed by atoms with Crippen molar-refractivity contribution in [3.63, 3.8) is 0 Å². The quantitative estimate of drug-likeness (QED) is 0.833. The fraction of sp³-hybridized carbons (Fsp3) is 0.222. The number of hydrogen-bond acceptors (Lipinski definition) is 4. The Kier molecular flexibility index (Phi) is 5.74. The lowest BCUT2D eigenvalue weighted by Crippen LogP contribution is -2.21. The zero-order valence-electron chi connectivity index (χ0n) is 13.2. The second kappa shape index (κ2) is 7.98. The van der Waals surface area contributed by atoms with Crippen LogP contribution in [0.25, 0.3) is 0 Å². The summed E-state index contributed by atoms with van der Waals surface area (Å²) in [5.41, 5.74) is 2.18. The molecule has 0 aliphatic rings. The summed E-state index contributed by atoms with van der Waals surface area (Å²) in [4.78, 5) is 23.7. The molecule has 0 aliphatic heterocycles. The molecule has 2 rings (SSSR count). The van der Waals surface area contributed by atoms with Crippen molar-refractivity contribution in [2.45, 2.75) is 13.3 Å². The highest BCUT2D eigenvalue weighted by Gasteiger charge is 2.10. The van der Waals surface area contributed by atoms with Crippen molar-refractivity contribution >= 4 is 17.6 Å². The largest absolute Gasteiger partial charge is 0.497 e. The number of rotatable bonds is 6. The van der Waals surface area contributed by atoms with Gasteiger partial charge in [0.25, 0.3) is 5.91 Å². The van der Waals surface area contributed by atoms with E-state index < -0.39 is 5.97 Å². The Bertz CT molecular complexity index is 680. The van der Waals surface area contributed by atoms with Crippen molar-refractivity contribution in [2.75, 3.05) is 19.0 Å². The molecule has 0 unspecified atom stereocenters. The number of carbonyl (C=O) groups excluding carboxylic acids is 2. The second-order valence-electron chi connectivity index (χ2n) is 4.91. The molecule has 0 fully saturated rings. The lowest BCUT2D eigenvalue weighted by Gasteiger charge is -2.08. The second-order valence-corrected chi connectivity index (χ2v) is 4.91. The lowest BCUT2D eigenvalue weighted by molar-refractivity contribution is -0.119. The maximum absolute atomic E-state index is 11.9. The highest BCUT2D eigenvalue weighted by Crippen LogP contribution is 2.13. The Morgan fingerprint density at radius 3 is 2.48 bits per heavy atom. The first-order valence-corrected chi connectivity index (χ1v) is 7.32. The van der Waals surface area contributed by atoms with Crippen LogP contribution < -0.4 is 10.1 Å². The Balaban J connectivity index is 1.86. The van der Waals surface area contributed by atoms with Crippen molar-refractivity contribution in [3.8, 4) is 5.75 Å². The van der Waals surface area contributed by atoms with E-state index in [1.165, 1.54) is 0 Å². The Morgan fingerprint density at radius 1 is 1.09 bits per heavy atom. The highest BCUT2D eigenvalue weighted by atomic mass is 16.5. The molecular weight excluding hydrogens is 294 g/mol. The van der Waals surface area contributed by atoms with Crippen LogP contribution in [0.2, 0.25) is 0 Å². The summed E-state index contributed by atoms with van der Waals surface area (Å²) in [5.74, 6) is -0.277. The molecule has 5 heteroatoms. The Labute approximate surface area is 135 Å². The minimum absolute atomic E-state index is 0.332. The molecule has 0 spiro atoms. The number of methoxy groups -OCH3 is 1. The van der Waals surface area contributed by atoms with E-state index >= 15 is 0 Å². The molecular formula is C18H19NO4. The van der Waals surface area contributed by atoms with E-state index in [1.54, 1.807) is 37.4 Å². The van der Waals surface area contributed by atoms with Crippen molar-refractivity contribution in [1.29, 1.82) is 0 Å². The Morgan fingerprint density at radius 2 is 1.83 bits per heavy atom. The molecule has 0 saturated carbocycles. The van der Waals surface area contributed by atoms with Crippen LogP contribution in [-0.2, 0) is 16.0 Å². The number of benzene rings is 2. The molecule has 2 aromatic rings. The molecule has 120 valence electrons. The van der Waals surface area contributed by atoms with E-state index in [4.69, 9.17) is 9.47 Å². The number of carbonyl (C=O) groups is 2. The van der Waals surface area contributed by atoms with Gasteiger partial charge in [0.05, 0.1) is 12.7 Å². The zero-order valence-corrected chi connectivity index (χ0v) is 13.2. The first kappa shape index (κ1) is 16.5. The molecule has 5 nitrogen and oxygen atoms in total. The summed E-state index contributed by atoms with van der Waals surface area (Å²) < 4.78 is 10.0. The van der Waals surface area contributed by atoms with Crippen molar-refractivity contribution in [2.24, 2.45) is 0 Å². The van der Waals surface area contributed by atoms with Crippen LogP contribution in [0.4, 0.5) is 5.69 Å². The molecule has 0 aromatic heterocycles. The van der Waals surface area contributed by atoms with Crippen LogP contribution in [0.1, 0.15) is 22.8 Å². The molecule has 1 N–H and O–H groups in total. The molecule has 0 radical (unpaired) electrons. The molecule has 0 saturated heterocycles. The van der Waals surface area contributed by atoms with Crippen LogP contribution >= 0.6 is 0 Å². The van der Waals surface area contributed by atoms with Crippen LogP contribution in [-0.4, -0.2) is 25.6 Å². The van der Waals surface area contributed by atoms with Crippen LogP contribution in [0.15, 0.2) is 48.5 Å². The van der Waals surface area contributed by atoms with Crippen LogP contribution in [0.3, 0.4) is 0 Å². The van der Waals surface area contributed by atoms with Gasteiger partial charge < -0.3 is 14.8 Å². The minimum atomic E-state index is -0.551. The molecule has 2 aromatic carbocycles. The van der Waals surface area contributed by atoms with E-state index in [2.05, 4.69) is 5.32 Å². The first-order chi connectivity index (χ1) is 11.1. The van der Waals surface area contributed by atoms with Gasteiger partial charge in [0.15, 0.2) is 6.61 Å². The molecule has 1 amide bonds. The fourth-order valence-electron chi connectivity index (χ4n) is 2.01. The van der Waals surface area contributed by atoms with Crippen molar-refractivity contribution < 1.29 is 19.1 Å². The van der Waals surface area contributed by atoms with Gasteiger partial charge in [-0.25, -0.2) is 4.79 Å². The SMILES string of the molecule is CCc1cccc(NC(=O)COC(=O)c2ccc(OC)cc2)c1. The first-order valence-electron chi connectivity index (χ1n) is 7.32. The van der Waals surface area contributed by atoms with Crippen LogP contribution in [0, 0.1) is 0 Å². The van der Waals surface area contributed by atoms with E-state index in [0.29, 0.717) is 17.0 Å². The number of anilines is 1. The van der Waals surface area contributed by atoms with Gasteiger partial charge in [0.2, 0.25) is 0 Å². The third-order valence-electron chi connectivity index (χ3n) is 3.28. The lowest BCUT2D eigenvalue weighted by atomic mass is 10.1. The van der Waals surface area contributed by atoms with E-state index in [9.17, 15) is 9.59 Å². The predicted octanol–water partition coefficient (Wildman–Crippen LogP) is 3.05. The molecule has 0 bridgehead atoms. The van der Waals surface area contributed by atoms with Gasteiger partial charge in [-0.15, -0.1) is 0 Å². The van der Waals surface area contributed by atoms with Gasteiger partial charge in [-0.05, 0) is 48.4 Å². The highest BCUT2D eigenvalue weighted by molar-refractivity contribution is 5.95. The van der Waals surface area contributed by atoms with E-state index in [-0.39, 0.29) is 12.5 Å². The van der Waals surface area contributed by atoms with Gasteiger partial charge in [0.1, 0.15) is 5.75 Å². The third kappa shape index (κ3) is 4.85. The third-order valence-corrected chi connectivity index (χ3v) is 3.28. The Hall–Kier alpha value is -2.82. The molecule has 0 atom stereocenters. The van der Waals surface area contributed by atoms with Crippen LogP contribution in [0.5, 0.6) is 5.75 Å². The summed E-state index contributed by atoms with van der Waals surface area (Å²) in [6, 6.07) is 14.0. The van der Waals surface area contributed by atoms with Gasteiger partial charge in [-0.1, -0.05) is 19.1 Å². The van der Waals surface area contributed by atoms with Gasteiger partial charge >= 0.3 is 5.97 Å². The smallest absolute Gasteiger partial charge is 0.338 e. The fourth-order valence-corrected chi connectivity index (χ4v) is 2.01. The van der Waals surface area contributed by atoms with Gasteiger partial charge in [-0.2, -0.15) is 0 Å². The topological polar surface area (TPSA) is 64.6 Å². The molecule has 0 heterocycles. The number of esters is 1. The summed E-state index contributed by atoms with van der Waals surface area (Å²) in [7, 11) is 1.55.